The summed E-state index contributed by atoms with van der Waals surface area (Å²) in [6.45, 7) is 4.66. The van der Waals surface area contributed by atoms with Gasteiger partial charge in [-0.05, 0) is 61.0 Å². The molecule has 1 fully saturated rings. The van der Waals surface area contributed by atoms with Crippen LogP contribution in [0.4, 0.5) is 11.6 Å². The third-order valence-electron chi connectivity index (χ3n) is 5.96. The van der Waals surface area contributed by atoms with E-state index in [4.69, 9.17) is 23.1 Å². The molecule has 0 saturated carbocycles. The van der Waals surface area contributed by atoms with Gasteiger partial charge in [-0.1, -0.05) is 54.6 Å². The summed E-state index contributed by atoms with van der Waals surface area (Å²) in [4.78, 5) is 25.6. The Kier molecular flexibility index (Phi) is 7.88. The Bertz CT molecular complexity index is 1160. The van der Waals surface area contributed by atoms with Crippen LogP contribution in [0.1, 0.15) is 30.1 Å². The minimum absolute atomic E-state index is 0.179. The number of benzene rings is 2. The molecule has 3 aromatic rings. The van der Waals surface area contributed by atoms with Crippen LogP contribution < -0.4 is 21.1 Å². The Morgan fingerprint density at radius 1 is 1.18 bits per heavy atom. The lowest BCUT2D eigenvalue weighted by molar-refractivity contribution is 0.0984. The fraction of sp³-hybridized carbons (Fsp3) is 0.292. The number of halogens is 1. The molecule has 7 nitrogen and oxygen atoms in total. The maximum Gasteiger partial charge on any atom is 0.262 e. The number of hydrogen-bond donors (Lipinski definition) is 3. The quantitative estimate of drug-likeness (QED) is 0.383. The number of piperidine rings is 1. The van der Waals surface area contributed by atoms with Gasteiger partial charge in [0.2, 0.25) is 0 Å². The number of nitrogens with zero attached hydrogens (tertiary/aromatic N) is 3. The molecule has 0 radical (unpaired) electrons. The zero-order valence-electron chi connectivity index (χ0n) is 18.8. The normalized spacial score (nSPS) is 15.2. The minimum atomic E-state index is -0.273. The monoisotopic (exact) mass is 514 g/mol. The van der Waals surface area contributed by atoms with Crippen LogP contribution in [0.5, 0.6) is 0 Å². The maximum atomic E-state index is 12.7. The Balaban J connectivity index is 1.44. The molecule has 0 bridgehead atoms. The molecular weight excluding hydrogens is 488 g/mol. The number of carbonyl (C=O) groups is 1. The molecule has 2 heterocycles. The molecule has 0 unspecified atom stereocenters. The second-order valence-electron chi connectivity index (χ2n) is 8.49. The number of hydrogen-bond acceptors (Lipinski definition) is 8. The number of anilines is 2. The average molecular weight is 515 g/mol. The van der Waals surface area contributed by atoms with Crippen molar-refractivity contribution in [2.24, 2.45) is 11.1 Å². The van der Waals surface area contributed by atoms with Gasteiger partial charge >= 0.3 is 0 Å². The SMILES string of the molecule is CC1(CN)CCN(c2cnc(Sc3cccc(C(=O)NSc4ccccc4)c3Cl)c(N)n2)CC1. The summed E-state index contributed by atoms with van der Waals surface area (Å²) >= 11 is 9.12. The van der Waals surface area contributed by atoms with Crippen molar-refractivity contribution in [2.75, 3.05) is 30.3 Å². The molecule has 4 rings (SSSR count). The van der Waals surface area contributed by atoms with Crippen molar-refractivity contribution in [3.63, 3.8) is 0 Å². The van der Waals surface area contributed by atoms with E-state index in [9.17, 15) is 4.79 Å². The highest BCUT2D eigenvalue weighted by Crippen LogP contribution is 2.37. The van der Waals surface area contributed by atoms with Gasteiger partial charge in [0.05, 0.1) is 16.8 Å². The highest BCUT2D eigenvalue weighted by atomic mass is 35.5. The number of nitrogen functional groups attached to an aromatic ring is 1. The summed E-state index contributed by atoms with van der Waals surface area (Å²) in [5, 5.41) is 0.895. The van der Waals surface area contributed by atoms with Gasteiger partial charge in [-0.2, -0.15) is 0 Å². The van der Waals surface area contributed by atoms with Gasteiger partial charge in [0.15, 0.2) is 5.82 Å². The topological polar surface area (TPSA) is 110 Å². The summed E-state index contributed by atoms with van der Waals surface area (Å²) < 4.78 is 2.83. The summed E-state index contributed by atoms with van der Waals surface area (Å²) in [5.74, 6) is 0.823. The smallest absolute Gasteiger partial charge is 0.262 e. The van der Waals surface area contributed by atoms with Gasteiger partial charge < -0.3 is 16.4 Å². The van der Waals surface area contributed by atoms with E-state index in [2.05, 4.69) is 26.5 Å². The predicted molar refractivity (Wildman–Crippen MR) is 140 cm³/mol. The van der Waals surface area contributed by atoms with Gasteiger partial charge in [0, 0.05) is 22.9 Å². The van der Waals surface area contributed by atoms with Crippen molar-refractivity contribution in [1.29, 1.82) is 0 Å². The van der Waals surface area contributed by atoms with Gasteiger partial charge in [0.1, 0.15) is 10.8 Å². The van der Waals surface area contributed by atoms with E-state index in [0.29, 0.717) is 32.9 Å². The van der Waals surface area contributed by atoms with Crippen molar-refractivity contribution in [1.82, 2.24) is 14.7 Å². The lowest BCUT2D eigenvalue weighted by Crippen LogP contribution is -2.42. The van der Waals surface area contributed by atoms with Crippen molar-refractivity contribution in [2.45, 2.75) is 34.6 Å². The zero-order valence-corrected chi connectivity index (χ0v) is 21.2. The number of amides is 1. The average Bonchev–Trinajstić information content (AvgIpc) is 2.86. The minimum Gasteiger partial charge on any atom is -0.381 e. The molecule has 0 atom stereocenters. The molecule has 1 aliphatic heterocycles. The molecule has 178 valence electrons. The molecule has 1 amide bonds. The number of nitrogens with two attached hydrogens (primary N) is 2. The lowest BCUT2D eigenvalue weighted by atomic mass is 9.80. The Hall–Kier alpha value is -2.46. The number of carbonyl (C=O) groups excluding carboxylic acids is 1. The van der Waals surface area contributed by atoms with E-state index in [1.165, 1.54) is 23.7 Å². The molecule has 1 aliphatic rings. The molecule has 2 aromatic carbocycles. The summed E-state index contributed by atoms with van der Waals surface area (Å²) in [5.41, 5.74) is 12.7. The molecule has 1 aromatic heterocycles. The molecule has 5 N–H and O–H groups in total. The van der Waals surface area contributed by atoms with Crippen molar-refractivity contribution < 1.29 is 4.79 Å². The lowest BCUT2D eigenvalue weighted by Gasteiger charge is -2.39. The Labute approximate surface area is 213 Å². The molecule has 0 spiro atoms. The van der Waals surface area contributed by atoms with Crippen LogP contribution in [-0.2, 0) is 0 Å². The first-order valence-corrected chi connectivity index (χ1v) is 13.0. The van der Waals surface area contributed by atoms with Crippen molar-refractivity contribution in [3.8, 4) is 0 Å². The number of nitrogens with one attached hydrogen (secondary N) is 1. The van der Waals surface area contributed by atoms with Crippen molar-refractivity contribution in [3.05, 3.63) is 65.3 Å². The maximum absolute atomic E-state index is 12.7. The summed E-state index contributed by atoms with van der Waals surface area (Å²) in [7, 11) is 0. The predicted octanol–water partition coefficient (Wildman–Crippen LogP) is 4.87. The first-order valence-electron chi connectivity index (χ1n) is 10.9. The summed E-state index contributed by atoms with van der Waals surface area (Å²) in [6, 6.07) is 14.9. The highest BCUT2D eigenvalue weighted by molar-refractivity contribution is 7.99. The standard InChI is InChI=1S/C24H27ClN6OS2/c1-24(15-26)10-12-31(13-11-24)19-14-28-23(21(27)29-19)33-18-9-5-8-17(20(18)25)22(32)30-34-16-6-3-2-4-7-16/h2-9,14H,10-13,15,26H2,1H3,(H2,27,29)(H,30,32). The van der Waals surface area contributed by atoms with E-state index >= 15 is 0 Å². The molecule has 1 saturated heterocycles. The third-order valence-corrected chi connectivity index (χ3v) is 8.34. The van der Waals surface area contributed by atoms with Gasteiger partial charge in [0.25, 0.3) is 5.91 Å². The van der Waals surface area contributed by atoms with E-state index < -0.39 is 0 Å². The van der Waals surface area contributed by atoms with Gasteiger partial charge in [-0.3, -0.25) is 9.52 Å². The van der Waals surface area contributed by atoms with E-state index in [1.807, 2.05) is 36.4 Å². The largest absolute Gasteiger partial charge is 0.381 e. The first kappa shape index (κ1) is 24.7. The fourth-order valence-corrected chi connectivity index (χ4v) is 5.36. The second-order valence-corrected chi connectivity index (χ2v) is 10.8. The van der Waals surface area contributed by atoms with E-state index in [1.54, 1.807) is 18.3 Å². The highest BCUT2D eigenvalue weighted by Gasteiger charge is 2.29. The van der Waals surface area contributed by atoms with Crippen LogP contribution in [0.2, 0.25) is 5.02 Å². The van der Waals surface area contributed by atoms with E-state index in [0.717, 1.165) is 36.6 Å². The third kappa shape index (κ3) is 5.78. The van der Waals surface area contributed by atoms with Gasteiger partial charge in [-0.25, -0.2) is 9.97 Å². The van der Waals surface area contributed by atoms with Crippen LogP contribution in [0.15, 0.2) is 69.5 Å². The first-order chi connectivity index (χ1) is 16.4. The van der Waals surface area contributed by atoms with Crippen LogP contribution in [0.25, 0.3) is 0 Å². The van der Waals surface area contributed by atoms with E-state index in [-0.39, 0.29) is 11.3 Å². The fourth-order valence-electron chi connectivity index (χ4n) is 3.61. The van der Waals surface area contributed by atoms with Crippen LogP contribution in [0.3, 0.4) is 0 Å². The summed E-state index contributed by atoms with van der Waals surface area (Å²) in [6.07, 6.45) is 3.76. The van der Waals surface area contributed by atoms with Crippen molar-refractivity contribution >= 4 is 52.9 Å². The van der Waals surface area contributed by atoms with Crippen LogP contribution in [0, 0.1) is 5.41 Å². The molecule has 0 aliphatic carbocycles. The number of rotatable bonds is 7. The molecule has 34 heavy (non-hydrogen) atoms. The molecular formula is C24H27ClN6OS2. The Morgan fingerprint density at radius 3 is 2.59 bits per heavy atom. The second kappa shape index (κ2) is 10.9. The van der Waals surface area contributed by atoms with Crippen LogP contribution >= 0.6 is 35.3 Å². The van der Waals surface area contributed by atoms with Gasteiger partial charge in [-0.15, -0.1) is 0 Å². The van der Waals surface area contributed by atoms with Crippen LogP contribution in [-0.4, -0.2) is 35.5 Å². The number of aromatic nitrogens is 2. The zero-order chi connectivity index (χ0) is 24.1. The molecule has 10 heteroatoms. The Morgan fingerprint density at radius 2 is 1.91 bits per heavy atom.